The van der Waals surface area contributed by atoms with E-state index in [2.05, 4.69) is 10.4 Å². The summed E-state index contributed by atoms with van der Waals surface area (Å²) in [4.78, 5) is 27.0. The molecule has 7 heteroatoms. The highest BCUT2D eigenvalue weighted by Crippen LogP contribution is 2.41. The van der Waals surface area contributed by atoms with Crippen molar-refractivity contribution in [2.45, 2.75) is 43.8 Å². The third-order valence-electron chi connectivity index (χ3n) is 5.34. The molecule has 0 bridgehead atoms. The second kappa shape index (κ2) is 6.55. The minimum atomic E-state index is -0.405. The standard InChI is InChI=1S/C19H21FN4O2/c1-23-11-12(10-21-23)19(26)24-16-7-4-8-18(25)22-15(16)9-17(24)13-5-2-3-6-14(13)20/h2-3,5-6,10-11,15-17H,4,7-9H2,1H3,(H,22,25)/t15-,16+,17+/m1/s1. The van der Waals surface area contributed by atoms with Crippen molar-refractivity contribution in [1.29, 1.82) is 0 Å². The zero-order valence-electron chi connectivity index (χ0n) is 14.6. The van der Waals surface area contributed by atoms with Crippen LogP contribution in [0.1, 0.15) is 47.6 Å². The van der Waals surface area contributed by atoms with Crippen molar-refractivity contribution < 1.29 is 14.0 Å². The van der Waals surface area contributed by atoms with E-state index in [0.717, 1.165) is 6.42 Å². The van der Waals surface area contributed by atoms with Gasteiger partial charge < -0.3 is 10.2 Å². The lowest BCUT2D eigenvalue weighted by molar-refractivity contribution is -0.121. The number of carbonyl (C=O) groups is 2. The Bertz CT molecular complexity index is 850. The molecule has 2 saturated heterocycles. The van der Waals surface area contributed by atoms with Crippen molar-refractivity contribution in [3.05, 3.63) is 53.6 Å². The maximum Gasteiger partial charge on any atom is 0.257 e. The monoisotopic (exact) mass is 356 g/mol. The van der Waals surface area contributed by atoms with Gasteiger partial charge in [-0.2, -0.15) is 5.10 Å². The number of aromatic nitrogens is 2. The Morgan fingerprint density at radius 2 is 2.15 bits per heavy atom. The van der Waals surface area contributed by atoms with Crippen LogP contribution >= 0.6 is 0 Å². The summed E-state index contributed by atoms with van der Waals surface area (Å²) in [6.07, 6.45) is 5.62. The molecule has 0 spiro atoms. The molecule has 2 aliphatic rings. The summed E-state index contributed by atoms with van der Waals surface area (Å²) in [6.45, 7) is 0. The Morgan fingerprint density at radius 3 is 2.88 bits per heavy atom. The van der Waals surface area contributed by atoms with Gasteiger partial charge in [0.1, 0.15) is 5.82 Å². The molecule has 0 radical (unpaired) electrons. The van der Waals surface area contributed by atoms with Crippen molar-refractivity contribution >= 4 is 11.8 Å². The van der Waals surface area contributed by atoms with Crippen LogP contribution in [0.3, 0.4) is 0 Å². The van der Waals surface area contributed by atoms with Crippen LogP contribution in [0.5, 0.6) is 0 Å². The van der Waals surface area contributed by atoms with Crippen LogP contribution in [0.4, 0.5) is 4.39 Å². The fourth-order valence-electron chi connectivity index (χ4n) is 4.18. The Balaban J connectivity index is 1.75. The Kier molecular flexibility index (Phi) is 4.22. The molecule has 0 aliphatic carbocycles. The van der Waals surface area contributed by atoms with Crippen molar-refractivity contribution in [3.8, 4) is 0 Å². The second-order valence-corrected chi connectivity index (χ2v) is 7.02. The average Bonchev–Trinajstić information content (AvgIpc) is 3.14. The van der Waals surface area contributed by atoms with Crippen LogP contribution in [-0.4, -0.2) is 38.6 Å². The number of carbonyl (C=O) groups excluding carboxylic acids is 2. The van der Waals surface area contributed by atoms with Gasteiger partial charge in [-0.25, -0.2) is 4.39 Å². The fourth-order valence-corrected chi connectivity index (χ4v) is 4.18. The molecule has 1 aromatic heterocycles. The minimum absolute atomic E-state index is 0.000426. The Morgan fingerprint density at radius 1 is 1.35 bits per heavy atom. The van der Waals surface area contributed by atoms with E-state index in [1.165, 1.54) is 12.3 Å². The number of nitrogens with one attached hydrogen (secondary N) is 1. The van der Waals surface area contributed by atoms with Crippen molar-refractivity contribution in [2.75, 3.05) is 0 Å². The van der Waals surface area contributed by atoms with E-state index < -0.39 is 6.04 Å². The molecule has 1 aromatic carbocycles. The molecule has 2 aromatic rings. The number of hydrogen-bond acceptors (Lipinski definition) is 3. The van der Waals surface area contributed by atoms with E-state index in [9.17, 15) is 14.0 Å². The zero-order valence-corrected chi connectivity index (χ0v) is 14.6. The molecule has 136 valence electrons. The highest BCUT2D eigenvalue weighted by molar-refractivity contribution is 5.94. The number of aryl methyl sites for hydroxylation is 1. The number of likely N-dealkylation sites (tertiary alicyclic amines) is 1. The van der Waals surface area contributed by atoms with E-state index in [0.29, 0.717) is 30.4 Å². The van der Waals surface area contributed by atoms with Crippen molar-refractivity contribution in [3.63, 3.8) is 0 Å². The molecule has 1 N–H and O–H groups in total. The van der Waals surface area contributed by atoms with Gasteiger partial charge in [0.05, 0.1) is 29.9 Å². The van der Waals surface area contributed by atoms with Gasteiger partial charge in [-0.1, -0.05) is 18.2 Å². The largest absolute Gasteiger partial charge is 0.351 e. The summed E-state index contributed by atoms with van der Waals surface area (Å²) in [5, 5.41) is 7.11. The second-order valence-electron chi connectivity index (χ2n) is 7.02. The predicted octanol–water partition coefficient (Wildman–Crippen LogP) is 2.18. The molecule has 3 atom stereocenters. The molecule has 4 rings (SSSR count). The van der Waals surface area contributed by atoms with Gasteiger partial charge in [-0.3, -0.25) is 14.3 Å². The lowest BCUT2D eigenvalue weighted by Crippen LogP contribution is -2.45. The first-order valence-electron chi connectivity index (χ1n) is 8.89. The molecule has 2 aliphatic heterocycles. The number of nitrogens with zero attached hydrogens (tertiary/aromatic N) is 3. The Hall–Kier alpha value is -2.70. The van der Waals surface area contributed by atoms with E-state index in [1.54, 1.807) is 41.0 Å². The van der Waals surface area contributed by atoms with Gasteiger partial charge in [0, 0.05) is 25.2 Å². The van der Waals surface area contributed by atoms with Gasteiger partial charge >= 0.3 is 0 Å². The van der Waals surface area contributed by atoms with Gasteiger partial charge in [0.2, 0.25) is 5.91 Å². The van der Waals surface area contributed by atoms with Gasteiger partial charge in [-0.15, -0.1) is 0 Å². The van der Waals surface area contributed by atoms with Crippen molar-refractivity contribution in [2.24, 2.45) is 7.05 Å². The molecule has 26 heavy (non-hydrogen) atoms. The topological polar surface area (TPSA) is 67.2 Å². The highest BCUT2D eigenvalue weighted by Gasteiger charge is 2.46. The third kappa shape index (κ3) is 2.87. The number of benzene rings is 1. The molecule has 6 nitrogen and oxygen atoms in total. The number of amides is 2. The Labute approximate surface area is 151 Å². The number of halogens is 1. The number of fused-ring (bicyclic) bond motifs is 1. The lowest BCUT2D eigenvalue weighted by Gasteiger charge is -2.31. The maximum atomic E-state index is 14.5. The summed E-state index contributed by atoms with van der Waals surface area (Å²) in [7, 11) is 1.75. The van der Waals surface area contributed by atoms with Crippen LogP contribution < -0.4 is 5.32 Å². The maximum absolute atomic E-state index is 14.5. The summed E-state index contributed by atoms with van der Waals surface area (Å²) < 4.78 is 16.1. The van der Waals surface area contributed by atoms with E-state index in [-0.39, 0.29) is 29.7 Å². The smallest absolute Gasteiger partial charge is 0.257 e. The number of rotatable bonds is 2. The first-order chi connectivity index (χ1) is 12.5. The number of hydrogen-bond donors (Lipinski definition) is 1. The fraction of sp³-hybridized carbons (Fsp3) is 0.421. The van der Waals surface area contributed by atoms with Crippen LogP contribution in [0.2, 0.25) is 0 Å². The molecule has 0 unspecified atom stereocenters. The quantitative estimate of drug-likeness (QED) is 0.897. The average molecular weight is 356 g/mol. The summed E-state index contributed by atoms with van der Waals surface area (Å²) >= 11 is 0. The lowest BCUT2D eigenvalue weighted by atomic mass is 10.0. The normalized spacial score (nSPS) is 25.5. The summed E-state index contributed by atoms with van der Waals surface area (Å²) in [5.41, 5.74) is 0.970. The zero-order chi connectivity index (χ0) is 18.3. The summed E-state index contributed by atoms with van der Waals surface area (Å²) in [5.74, 6) is -0.500. The van der Waals surface area contributed by atoms with Crippen LogP contribution in [-0.2, 0) is 11.8 Å². The first kappa shape index (κ1) is 16.8. The molecule has 0 saturated carbocycles. The third-order valence-corrected chi connectivity index (χ3v) is 5.34. The molecule has 2 amide bonds. The summed E-state index contributed by atoms with van der Waals surface area (Å²) in [6, 6.07) is 5.84. The molecule has 3 heterocycles. The van der Waals surface area contributed by atoms with Gasteiger partial charge in [0.25, 0.3) is 5.91 Å². The van der Waals surface area contributed by atoms with Gasteiger partial charge in [0.15, 0.2) is 0 Å². The van der Waals surface area contributed by atoms with Crippen LogP contribution in [0.25, 0.3) is 0 Å². The van der Waals surface area contributed by atoms with Crippen LogP contribution in [0.15, 0.2) is 36.7 Å². The SMILES string of the molecule is Cn1cc(C(=O)N2[C@H](c3ccccc3F)C[C@H]3NC(=O)CCC[C@@H]32)cn1. The molecular weight excluding hydrogens is 335 g/mol. The van der Waals surface area contributed by atoms with E-state index in [1.807, 2.05) is 0 Å². The molecule has 2 fully saturated rings. The van der Waals surface area contributed by atoms with Crippen molar-refractivity contribution in [1.82, 2.24) is 20.0 Å². The van der Waals surface area contributed by atoms with E-state index >= 15 is 0 Å². The first-order valence-corrected chi connectivity index (χ1v) is 8.89. The molecular formula is C19H21FN4O2. The predicted molar refractivity (Wildman–Crippen MR) is 92.7 cm³/mol. The minimum Gasteiger partial charge on any atom is -0.351 e. The highest BCUT2D eigenvalue weighted by atomic mass is 19.1. The van der Waals surface area contributed by atoms with Crippen LogP contribution in [0, 0.1) is 5.82 Å². The van der Waals surface area contributed by atoms with Gasteiger partial charge in [-0.05, 0) is 25.3 Å². The van der Waals surface area contributed by atoms with E-state index in [4.69, 9.17) is 0 Å².